The molecule has 4 unspecified atom stereocenters. The van der Waals surface area contributed by atoms with E-state index in [1.54, 1.807) is 7.11 Å². The highest BCUT2D eigenvalue weighted by molar-refractivity contribution is 5.19. The zero-order valence-electron chi connectivity index (χ0n) is 11.5. The van der Waals surface area contributed by atoms with E-state index < -0.39 is 0 Å². The first-order valence-electron chi connectivity index (χ1n) is 7.05. The van der Waals surface area contributed by atoms with Crippen LogP contribution in [0.5, 0.6) is 0 Å². The van der Waals surface area contributed by atoms with Crippen LogP contribution in [-0.2, 0) is 4.74 Å². The van der Waals surface area contributed by atoms with Crippen LogP contribution >= 0.6 is 0 Å². The van der Waals surface area contributed by atoms with Gasteiger partial charge in [0, 0.05) is 13.2 Å². The highest BCUT2D eigenvalue weighted by Crippen LogP contribution is 2.35. The summed E-state index contributed by atoms with van der Waals surface area (Å²) >= 11 is 0. The van der Waals surface area contributed by atoms with Crippen LogP contribution in [-0.4, -0.2) is 13.2 Å². The Morgan fingerprint density at radius 3 is 2.56 bits per heavy atom. The predicted octanol–water partition coefficient (Wildman–Crippen LogP) is 3.53. The lowest BCUT2D eigenvalue weighted by Gasteiger charge is -2.35. The quantitative estimate of drug-likeness (QED) is 0.883. The third-order valence-electron chi connectivity index (χ3n) is 4.25. The van der Waals surface area contributed by atoms with Gasteiger partial charge >= 0.3 is 0 Å². The van der Waals surface area contributed by atoms with Crippen molar-refractivity contribution < 1.29 is 4.74 Å². The molecule has 18 heavy (non-hydrogen) atoms. The minimum Gasteiger partial charge on any atom is -0.375 e. The number of hydrogen-bond acceptors (Lipinski definition) is 2. The van der Waals surface area contributed by atoms with Crippen molar-refractivity contribution in [3.05, 3.63) is 35.9 Å². The van der Waals surface area contributed by atoms with Crippen LogP contribution in [0, 0.1) is 11.8 Å². The summed E-state index contributed by atoms with van der Waals surface area (Å²) in [6.45, 7) is 2.34. The topological polar surface area (TPSA) is 35.2 Å². The van der Waals surface area contributed by atoms with Gasteiger partial charge in [0.2, 0.25) is 0 Å². The summed E-state index contributed by atoms with van der Waals surface area (Å²) < 4.78 is 5.66. The van der Waals surface area contributed by atoms with Gasteiger partial charge in [-0.1, -0.05) is 50.1 Å². The van der Waals surface area contributed by atoms with Gasteiger partial charge in [-0.05, 0) is 30.2 Å². The number of rotatable bonds is 4. The molecule has 0 aliphatic heterocycles. The van der Waals surface area contributed by atoms with E-state index in [0.29, 0.717) is 5.92 Å². The van der Waals surface area contributed by atoms with E-state index >= 15 is 0 Å². The second-order valence-electron chi connectivity index (χ2n) is 5.68. The first kappa shape index (κ1) is 13.6. The van der Waals surface area contributed by atoms with Crippen molar-refractivity contribution in [3.63, 3.8) is 0 Å². The smallest absolute Gasteiger partial charge is 0.0974 e. The highest BCUT2D eigenvalue weighted by atomic mass is 16.5. The normalized spacial score (nSPS) is 27.7. The summed E-state index contributed by atoms with van der Waals surface area (Å²) in [6, 6.07) is 10.5. The van der Waals surface area contributed by atoms with Gasteiger partial charge in [-0.3, -0.25) is 0 Å². The third kappa shape index (κ3) is 3.12. The second-order valence-corrected chi connectivity index (χ2v) is 5.68. The van der Waals surface area contributed by atoms with Crippen LogP contribution in [0.2, 0.25) is 0 Å². The van der Waals surface area contributed by atoms with Gasteiger partial charge in [-0.25, -0.2) is 0 Å². The molecular formula is C16H25NO. The fourth-order valence-electron chi connectivity index (χ4n) is 3.24. The SMILES string of the molecule is COC(c1ccccc1)C(N)C1CCCC(C)C1. The minimum absolute atomic E-state index is 0.0292. The summed E-state index contributed by atoms with van der Waals surface area (Å²) in [4.78, 5) is 0. The van der Waals surface area contributed by atoms with Crippen molar-refractivity contribution in [1.82, 2.24) is 0 Å². The predicted molar refractivity (Wildman–Crippen MR) is 75.3 cm³/mol. The van der Waals surface area contributed by atoms with E-state index in [1.165, 1.54) is 31.2 Å². The molecule has 1 aliphatic rings. The summed E-state index contributed by atoms with van der Waals surface area (Å²) in [5, 5.41) is 0. The molecule has 0 saturated heterocycles. The molecule has 0 amide bonds. The summed E-state index contributed by atoms with van der Waals surface area (Å²) in [5.41, 5.74) is 7.67. The van der Waals surface area contributed by atoms with Gasteiger partial charge in [0.1, 0.15) is 0 Å². The van der Waals surface area contributed by atoms with Gasteiger partial charge in [-0.15, -0.1) is 0 Å². The molecule has 2 nitrogen and oxygen atoms in total. The first-order valence-corrected chi connectivity index (χ1v) is 7.05. The molecule has 1 fully saturated rings. The second kappa shape index (κ2) is 6.35. The molecule has 0 bridgehead atoms. The Morgan fingerprint density at radius 2 is 1.94 bits per heavy atom. The van der Waals surface area contributed by atoms with Crippen molar-refractivity contribution in [1.29, 1.82) is 0 Å². The number of ether oxygens (including phenoxy) is 1. The standard InChI is InChI=1S/C16H25NO/c1-12-7-6-10-14(11-12)15(17)16(18-2)13-8-4-3-5-9-13/h3-5,8-9,12,14-16H,6-7,10-11,17H2,1-2H3. The molecule has 2 heteroatoms. The monoisotopic (exact) mass is 247 g/mol. The van der Waals surface area contributed by atoms with Gasteiger partial charge in [0.25, 0.3) is 0 Å². The molecule has 1 saturated carbocycles. The first-order chi connectivity index (χ1) is 8.72. The van der Waals surface area contributed by atoms with Gasteiger partial charge in [0.05, 0.1) is 6.10 Å². The molecule has 2 N–H and O–H groups in total. The molecule has 2 rings (SSSR count). The molecule has 1 aromatic rings. The molecule has 0 spiro atoms. The zero-order valence-corrected chi connectivity index (χ0v) is 11.5. The van der Waals surface area contributed by atoms with Crippen LogP contribution in [0.1, 0.15) is 44.3 Å². The largest absolute Gasteiger partial charge is 0.375 e. The molecule has 0 aromatic heterocycles. The Labute approximate surface area is 111 Å². The lowest BCUT2D eigenvalue weighted by atomic mass is 9.76. The molecule has 0 radical (unpaired) electrons. The van der Waals surface area contributed by atoms with E-state index in [-0.39, 0.29) is 12.1 Å². The van der Waals surface area contributed by atoms with Crippen LogP contribution < -0.4 is 5.73 Å². The van der Waals surface area contributed by atoms with E-state index in [2.05, 4.69) is 31.2 Å². The summed E-state index contributed by atoms with van der Waals surface area (Å²) in [5.74, 6) is 1.40. The Bertz CT molecular complexity index is 351. The Morgan fingerprint density at radius 1 is 1.22 bits per heavy atom. The Balaban J connectivity index is 2.07. The van der Waals surface area contributed by atoms with Gasteiger partial charge in [0.15, 0.2) is 0 Å². The maximum Gasteiger partial charge on any atom is 0.0974 e. The van der Waals surface area contributed by atoms with Crippen molar-refractivity contribution in [2.24, 2.45) is 17.6 Å². The van der Waals surface area contributed by atoms with E-state index in [1.807, 2.05) is 6.07 Å². The van der Waals surface area contributed by atoms with Crippen molar-refractivity contribution in [3.8, 4) is 0 Å². The van der Waals surface area contributed by atoms with Crippen molar-refractivity contribution in [2.45, 2.75) is 44.8 Å². The molecule has 100 valence electrons. The van der Waals surface area contributed by atoms with Crippen LogP contribution in [0.25, 0.3) is 0 Å². The molecule has 1 aromatic carbocycles. The van der Waals surface area contributed by atoms with E-state index in [0.717, 1.165) is 5.92 Å². The highest BCUT2D eigenvalue weighted by Gasteiger charge is 2.30. The maximum atomic E-state index is 6.47. The molecular weight excluding hydrogens is 222 g/mol. The zero-order chi connectivity index (χ0) is 13.0. The Hall–Kier alpha value is -0.860. The van der Waals surface area contributed by atoms with Crippen LogP contribution in [0.15, 0.2) is 30.3 Å². The summed E-state index contributed by atoms with van der Waals surface area (Å²) in [6.07, 6.45) is 5.18. The lowest BCUT2D eigenvalue weighted by Crippen LogP contribution is -2.39. The van der Waals surface area contributed by atoms with Crippen molar-refractivity contribution in [2.75, 3.05) is 7.11 Å². The number of hydrogen-bond donors (Lipinski definition) is 1. The average Bonchev–Trinajstić information content (AvgIpc) is 2.41. The average molecular weight is 247 g/mol. The molecule has 1 aliphatic carbocycles. The molecule has 4 atom stereocenters. The lowest BCUT2D eigenvalue weighted by molar-refractivity contribution is 0.0487. The number of benzene rings is 1. The number of methoxy groups -OCH3 is 1. The van der Waals surface area contributed by atoms with Crippen LogP contribution in [0.3, 0.4) is 0 Å². The van der Waals surface area contributed by atoms with E-state index in [4.69, 9.17) is 10.5 Å². The van der Waals surface area contributed by atoms with Crippen LogP contribution in [0.4, 0.5) is 0 Å². The van der Waals surface area contributed by atoms with E-state index in [9.17, 15) is 0 Å². The third-order valence-corrected chi connectivity index (χ3v) is 4.25. The minimum atomic E-state index is 0.0292. The maximum absolute atomic E-state index is 6.47. The summed E-state index contributed by atoms with van der Waals surface area (Å²) in [7, 11) is 1.77. The Kier molecular flexibility index (Phi) is 4.79. The van der Waals surface area contributed by atoms with Gasteiger partial charge in [-0.2, -0.15) is 0 Å². The van der Waals surface area contributed by atoms with Crippen molar-refractivity contribution >= 4 is 0 Å². The van der Waals surface area contributed by atoms with Gasteiger partial charge < -0.3 is 10.5 Å². The number of nitrogens with two attached hydrogens (primary N) is 1. The fraction of sp³-hybridized carbons (Fsp3) is 0.625. The fourth-order valence-corrected chi connectivity index (χ4v) is 3.24. The molecule has 0 heterocycles.